The molecule has 0 saturated heterocycles. The SMILES string of the molecule is CNS(=O)(=O)c1ccc(C)c(C(=O)C(C)N=[N+]=[N-])c1. The third-order valence-corrected chi connectivity index (χ3v) is 4.07. The van der Waals surface area contributed by atoms with Crippen LogP contribution in [0.25, 0.3) is 10.4 Å². The summed E-state index contributed by atoms with van der Waals surface area (Å²) < 4.78 is 25.5. The second-order valence-electron chi connectivity index (χ2n) is 3.93. The molecule has 0 aromatic heterocycles. The van der Waals surface area contributed by atoms with E-state index in [1.165, 1.54) is 26.1 Å². The molecule has 1 rings (SSSR count). The molecular weight excluding hydrogens is 268 g/mol. The third-order valence-electron chi connectivity index (χ3n) is 2.66. The number of rotatable bonds is 5. The van der Waals surface area contributed by atoms with Gasteiger partial charge in [0.05, 0.1) is 10.9 Å². The second-order valence-corrected chi connectivity index (χ2v) is 5.82. The van der Waals surface area contributed by atoms with Crippen LogP contribution in [0.4, 0.5) is 0 Å². The monoisotopic (exact) mass is 282 g/mol. The van der Waals surface area contributed by atoms with Gasteiger partial charge in [0, 0.05) is 10.5 Å². The maximum Gasteiger partial charge on any atom is 0.240 e. The zero-order valence-electron chi connectivity index (χ0n) is 10.8. The summed E-state index contributed by atoms with van der Waals surface area (Å²) in [4.78, 5) is 14.6. The van der Waals surface area contributed by atoms with Gasteiger partial charge in [-0.25, -0.2) is 13.1 Å². The number of nitrogens with zero attached hydrogens (tertiary/aromatic N) is 3. The third kappa shape index (κ3) is 3.31. The van der Waals surface area contributed by atoms with E-state index in [0.717, 1.165) is 0 Å². The normalized spacial score (nSPS) is 12.6. The number of carbonyl (C=O) groups is 1. The highest BCUT2D eigenvalue weighted by molar-refractivity contribution is 7.89. The lowest BCUT2D eigenvalue weighted by Gasteiger charge is -2.10. The number of benzene rings is 1. The highest BCUT2D eigenvalue weighted by atomic mass is 32.2. The fourth-order valence-corrected chi connectivity index (χ4v) is 2.26. The van der Waals surface area contributed by atoms with Crippen LogP contribution in [0.1, 0.15) is 22.8 Å². The molecule has 0 aliphatic rings. The van der Waals surface area contributed by atoms with Gasteiger partial charge in [0.1, 0.15) is 0 Å². The molecule has 19 heavy (non-hydrogen) atoms. The van der Waals surface area contributed by atoms with Crippen molar-refractivity contribution in [1.82, 2.24) is 4.72 Å². The van der Waals surface area contributed by atoms with Crippen LogP contribution in [0.5, 0.6) is 0 Å². The Bertz CT molecular complexity index is 648. The molecule has 0 fully saturated rings. The van der Waals surface area contributed by atoms with E-state index < -0.39 is 21.8 Å². The Hall–Kier alpha value is -1.89. The number of ketones is 1. The van der Waals surface area contributed by atoms with Crippen molar-refractivity contribution in [1.29, 1.82) is 0 Å². The van der Waals surface area contributed by atoms with Gasteiger partial charge in [0.25, 0.3) is 0 Å². The number of hydrogen-bond acceptors (Lipinski definition) is 4. The summed E-state index contributed by atoms with van der Waals surface area (Å²) in [6, 6.07) is 3.36. The summed E-state index contributed by atoms with van der Waals surface area (Å²) >= 11 is 0. The van der Waals surface area contributed by atoms with Crippen molar-refractivity contribution in [2.75, 3.05) is 7.05 Å². The van der Waals surface area contributed by atoms with Gasteiger partial charge in [-0.3, -0.25) is 4.79 Å². The van der Waals surface area contributed by atoms with E-state index >= 15 is 0 Å². The summed E-state index contributed by atoms with van der Waals surface area (Å²) in [6.07, 6.45) is 0. The predicted octanol–water partition coefficient (Wildman–Crippen LogP) is 1.78. The Balaban J connectivity index is 3.33. The lowest BCUT2D eigenvalue weighted by atomic mass is 10.0. The molecule has 0 bridgehead atoms. The fraction of sp³-hybridized carbons (Fsp3) is 0.364. The number of nitrogens with one attached hydrogen (secondary N) is 1. The first-order chi connectivity index (χ1) is 8.83. The predicted molar refractivity (Wildman–Crippen MR) is 70.4 cm³/mol. The summed E-state index contributed by atoms with van der Waals surface area (Å²) in [5.41, 5.74) is 9.18. The maximum absolute atomic E-state index is 12.0. The Morgan fingerprint density at radius 2 is 2.11 bits per heavy atom. The minimum atomic E-state index is -3.61. The van der Waals surface area contributed by atoms with Gasteiger partial charge in [0.2, 0.25) is 10.0 Å². The van der Waals surface area contributed by atoms with E-state index in [1.807, 2.05) is 0 Å². The first-order valence-electron chi connectivity index (χ1n) is 5.46. The minimum Gasteiger partial charge on any atom is -0.294 e. The van der Waals surface area contributed by atoms with Crippen LogP contribution in [0, 0.1) is 6.92 Å². The number of sulfonamides is 1. The van der Waals surface area contributed by atoms with Gasteiger partial charge in [-0.2, -0.15) is 0 Å². The molecule has 1 N–H and O–H groups in total. The van der Waals surface area contributed by atoms with Gasteiger partial charge in [-0.1, -0.05) is 11.2 Å². The molecule has 1 aromatic carbocycles. The molecule has 1 unspecified atom stereocenters. The highest BCUT2D eigenvalue weighted by Gasteiger charge is 2.19. The van der Waals surface area contributed by atoms with Crippen molar-refractivity contribution in [3.05, 3.63) is 39.8 Å². The lowest BCUT2D eigenvalue weighted by molar-refractivity contribution is 0.0967. The maximum atomic E-state index is 12.0. The minimum absolute atomic E-state index is 0.00270. The number of hydrogen-bond donors (Lipinski definition) is 1. The number of carbonyl (C=O) groups excluding carboxylic acids is 1. The lowest BCUT2D eigenvalue weighted by Crippen LogP contribution is -2.20. The topological polar surface area (TPSA) is 112 Å². The van der Waals surface area contributed by atoms with Gasteiger partial charge < -0.3 is 0 Å². The van der Waals surface area contributed by atoms with Gasteiger partial charge >= 0.3 is 0 Å². The van der Waals surface area contributed by atoms with Crippen LogP contribution in [0.15, 0.2) is 28.2 Å². The van der Waals surface area contributed by atoms with E-state index in [2.05, 4.69) is 14.7 Å². The van der Waals surface area contributed by atoms with Crippen LogP contribution < -0.4 is 4.72 Å². The molecular formula is C11H14N4O3S. The number of azide groups is 1. The van der Waals surface area contributed by atoms with Crippen LogP contribution in [-0.4, -0.2) is 27.3 Å². The summed E-state index contributed by atoms with van der Waals surface area (Å²) in [5, 5.41) is 3.32. The van der Waals surface area contributed by atoms with Crippen molar-refractivity contribution >= 4 is 15.8 Å². The first kappa shape index (κ1) is 15.2. The van der Waals surface area contributed by atoms with Gasteiger partial charge in [0.15, 0.2) is 5.78 Å². The van der Waals surface area contributed by atoms with E-state index in [4.69, 9.17) is 5.53 Å². The average Bonchev–Trinajstić information content (AvgIpc) is 2.38. The Morgan fingerprint density at radius 3 is 2.63 bits per heavy atom. The number of Topliss-reactive ketones (excluding diaryl/α,β-unsaturated/α-hetero) is 1. The van der Waals surface area contributed by atoms with Crippen molar-refractivity contribution in [3.63, 3.8) is 0 Å². The Morgan fingerprint density at radius 1 is 1.47 bits per heavy atom. The molecule has 0 aliphatic carbocycles. The fourth-order valence-electron chi connectivity index (χ4n) is 1.51. The molecule has 7 nitrogen and oxygen atoms in total. The van der Waals surface area contributed by atoms with Gasteiger partial charge in [-0.15, -0.1) is 0 Å². The standard InChI is InChI=1S/C11H14N4O3S/c1-7-4-5-9(19(17,18)13-3)6-10(7)11(16)8(2)14-15-12/h4-6,8,13H,1-3H3. The average molecular weight is 282 g/mol. The van der Waals surface area contributed by atoms with E-state index in [-0.39, 0.29) is 10.5 Å². The Kier molecular flexibility index (Phi) is 4.66. The van der Waals surface area contributed by atoms with Crippen LogP contribution in [-0.2, 0) is 10.0 Å². The van der Waals surface area contributed by atoms with E-state index in [9.17, 15) is 13.2 Å². The smallest absolute Gasteiger partial charge is 0.240 e. The molecule has 1 atom stereocenters. The zero-order chi connectivity index (χ0) is 14.6. The molecule has 0 radical (unpaired) electrons. The van der Waals surface area contributed by atoms with Crippen LogP contribution in [0.3, 0.4) is 0 Å². The van der Waals surface area contributed by atoms with Crippen molar-refractivity contribution in [2.24, 2.45) is 5.11 Å². The summed E-state index contributed by atoms with van der Waals surface area (Å²) in [6.45, 7) is 3.15. The Labute approximate surface area is 111 Å². The van der Waals surface area contributed by atoms with Crippen LogP contribution in [0.2, 0.25) is 0 Å². The molecule has 0 amide bonds. The number of aryl methyl sites for hydroxylation is 1. The first-order valence-corrected chi connectivity index (χ1v) is 6.94. The van der Waals surface area contributed by atoms with E-state index in [1.54, 1.807) is 13.0 Å². The van der Waals surface area contributed by atoms with Crippen LogP contribution >= 0.6 is 0 Å². The van der Waals surface area contributed by atoms with Crippen molar-refractivity contribution in [2.45, 2.75) is 24.8 Å². The molecule has 0 saturated carbocycles. The van der Waals surface area contributed by atoms with Crippen molar-refractivity contribution in [3.8, 4) is 0 Å². The molecule has 0 heterocycles. The second kappa shape index (κ2) is 5.83. The molecule has 8 heteroatoms. The molecule has 1 aromatic rings. The molecule has 0 aliphatic heterocycles. The quantitative estimate of drug-likeness (QED) is 0.384. The van der Waals surface area contributed by atoms with Crippen molar-refractivity contribution < 1.29 is 13.2 Å². The van der Waals surface area contributed by atoms with E-state index in [0.29, 0.717) is 5.56 Å². The summed E-state index contributed by atoms with van der Waals surface area (Å²) in [5.74, 6) is -0.413. The highest BCUT2D eigenvalue weighted by Crippen LogP contribution is 2.18. The molecule has 102 valence electrons. The van der Waals surface area contributed by atoms with Gasteiger partial charge in [-0.05, 0) is 44.1 Å². The largest absolute Gasteiger partial charge is 0.294 e. The zero-order valence-corrected chi connectivity index (χ0v) is 11.6. The molecule has 0 spiro atoms. The summed E-state index contributed by atoms with van der Waals surface area (Å²) in [7, 11) is -2.32.